The molecule has 2 heterocycles. The number of rotatable bonds is 5. The van der Waals surface area contributed by atoms with E-state index < -0.39 is 0 Å². The summed E-state index contributed by atoms with van der Waals surface area (Å²) in [5.74, 6) is -0.174. The molecule has 0 radical (unpaired) electrons. The maximum absolute atomic E-state index is 13.2. The van der Waals surface area contributed by atoms with E-state index in [9.17, 15) is 9.18 Å². The second-order valence-corrected chi connectivity index (χ2v) is 6.90. The lowest BCUT2D eigenvalue weighted by Gasteiger charge is -2.30. The lowest BCUT2D eigenvalue weighted by molar-refractivity contribution is -0.125. The topological polar surface area (TPSA) is 58.4 Å². The molecule has 2 aromatic carbocycles. The molecular formula is C21H22FN3O2. The Morgan fingerprint density at radius 1 is 1.19 bits per heavy atom. The van der Waals surface area contributed by atoms with Crippen LogP contribution < -0.4 is 10.2 Å². The van der Waals surface area contributed by atoms with E-state index in [1.165, 1.54) is 12.1 Å². The zero-order valence-corrected chi connectivity index (χ0v) is 15.0. The maximum Gasteiger partial charge on any atom is 0.298 e. The van der Waals surface area contributed by atoms with Crippen molar-refractivity contribution in [2.45, 2.75) is 19.3 Å². The molecule has 0 spiro atoms. The summed E-state index contributed by atoms with van der Waals surface area (Å²) < 4.78 is 19.0. The second-order valence-electron chi connectivity index (χ2n) is 6.90. The van der Waals surface area contributed by atoms with Crippen molar-refractivity contribution in [1.82, 2.24) is 10.3 Å². The number of piperidine rings is 1. The molecule has 1 saturated heterocycles. The minimum absolute atomic E-state index is 0.00172. The van der Waals surface area contributed by atoms with Gasteiger partial charge in [0.1, 0.15) is 11.3 Å². The third kappa shape index (κ3) is 4.10. The van der Waals surface area contributed by atoms with Gasteiger partial charge in [0.25, 0.3) is 6.01 Å². The van der Waals surface area contributed by atoms with Gasteiger partial charge in [0.2, 0.25) is 5.91 Å². The van der Waals surface area contributed by atoms with Gasteiger partial charge in [0.05, 0.1) is 0 Å². The zero-order chi connectivity index (χ0) is 18.6. The highest BCUT2D eigenvalue weighted by Crippen LogP contribution is 2.26. The highest BCUT2D eigenvalue weighted by Gasteiger charge is 2.27. The molecule has 1 amide bonds. The molecular weight excluding hydrogens is 345 g/mol. The van der Waals surface area contributed by atoms with Gasteiger partial charge in [-0.25, -0.2) is 4.39 Å². The summed E-state index contributed by atoms with van der Waals surface area (Å²) in [6.45, 7) is 2.01. The van der Waals surface area contributed by atoms with Gasteiger partial charge in [0.15, 0.2) is 5.58 Å². The Morgan fingerprint density at radius 2 is 2.00 bits per heavy atom. The highest BCUT2D eigenvalue weighted by atomic mass is 19.1. The monoisotopic (exact) mass is 367 g/mol. The molecule has 1 fully saturated rings. The summed E-state index contributed by atoms with van der Waals surface area (Å²) in [4.78, 5) is 19.0. The number of hydrogen-bond acceptors (Lipinski definition) is 4. The molecule has 0 unspecified atom stereocenters. The van der Waals surface area contributed by atoms with E-state index in [0.717, 1.165) is 42.6 Å². The van der Waals surface area contributed by atoms with Crippen LogP contribution >= 0.6 is 0 Å². The van der Waals surface area contributed by atoms with E-state index in [2.05, 4.69) is 15.2 Å². The smallest absolute Gasteiger partial charge is 0.298 e. The molecule has 3 aromatic rings. The maximum atomic E-state index is 13.2. The molecule has 1 aromatic heterocycles. The largest absolute Gasteiger partial charge is 0.423 e. The quantitative estimate of drug-likeness (QED) is 0.749. The standard InChI is InChI=1S/C21H22FN3O2/c22-17-5-3-4-15(14-17)8-11-23-20(26)16-9-12-25(13-10-16)21-24-18-6-1-2-7-19(18)27-21/h1-7,14,16H,8-13H2,(H,23,26). The third-order valence-electron chi connectivity index (χ3n) is 5.02. The molecule has 1 aliphatic heterocycles. The van der Waals surface area contributed by atoms with Crippen molar-refractivity contribution < 1.29 is 13.6 Å². The summed E-state index contributed by atoms with van der Waals surface area (Å²) in [6, 6.07) is 14.8. The summed E-state index contributed by atoms with van der Waals surface area (Å²) in [5.41, 5.74) is 2.52. The number of para-hydroxylation sites is 2. The minimum atomic E-state index is -0.245. The van der Waals surface area contributed by atoms with Crippen molar-refractivity contribution in [3.05, 3.63) is 59.9 Å². The number of nitrogens with one attached hydrogen (secondary N) is 1. The molecule has 0 atom stereocenters. The first kappa shape index (κ1) is 17.5. The van der Waals surface area contributed by atoms with E-state index in [1.807, 2.05) is 30.3 Å². The van der Waals surface area contributed by atoms with Gasteiger partial charge >= 0.3 is 0 Å². The molecule has 0 saturated carbocycles. The molecule has 1 N–H and O–H groups in total. The number of anilines is 1. The first-order valence-corrected chi connectivity index (χ1v) is 9.32. The van der Waals surface area contributed by atoms with E-state index in [4.69, 9.17) is 4.42 Å². The van der Waals surface area contributed by atoms with Crippen molar-refractivity contribution in [3.8, 4) is 0 Å². The van der Waals surface area contributed by atoms with Crippen LogP contribution in [-0.4, -0.2) is 30.5 Å². The van der Waals surface area contributed by atoms with Crippen molar-refractivity contribution in [1.29, 1.82) is 0 Å². The van der Waals surface area contributed by atoms with Crippen LogP contribution in [0.1, 0.15) is 18.4 Å². The number of hydrogen-bond donors (Lipinski definition) is 1. The molecule has 27 heavy (non-hydrogen) atoms. The molecule has 0 bridgehead atoms. The Balaban J connectivity index is 1.26. The van der Waals surface area contributed by atoms with Crippen LogP contribution in [0.15, 0.2) is 52.9 Å². The lowest BCUT2D eigenvalue weighted by atomic mass is 9.96. The fourth-order valence-corrected chi connectivity index (χ4v) is 3.50. The van der Waals surface area contributed by atoms with Gasteiger partial charge in [-0.2, -0.15) is 4.98 Å². The summed E-state index contributed by atoms with van der Waals surface area (Å²) in [7, 11) is 0. The van der Waals surface area contributed by atoms with Gasteiger partial charge in [-0.05, 0) is 49.1 Å². The van der Waals surface area contributed by atoms with Crippen molar-refractivity contribution in [3.63, 3.8) is 0 Å². The molecule has 0 aliphatic carbocycles. The third-order valence-corrected chi connectivity index (χ3v) is 5.02. The highest BCUT2D eigenvalue weighted by molar-refractivity contribution is 5.79. The Morgan fingerprint density at radius 3 is 2.78 bits per heavy atom. The molecule has 1 aliphatic rings. The van der Waals surface area contributed by atoms with Crippen LogP contribution in [0, 0.1) is 11.7 Å². The van der Waals surface area contributed by atoms with E-state index in [-0.39, 0.29) is 17.6 Å². The normalized spacial score (nSPS) is 15.2. The summed E-state index contributed by atoms with van der Waals surface area (Å²) in [5, 5.41) is 2.98. The van der Waals surface area contributed by atoms with Crippen molar-refractivity contribution >= 4 is 23.0 Å². The zero-order valence-electron chi connectivity index (χ0n) is 15.0. The molecule has 5 nitrogen and oxygen atoms in total. The van der Waals surface area contributed by atoms with Crippen molar-refractivity contribution in [2.24, 2.45) is 5.92 Å². The predicted octanol–water partition coefficient (Wildman–Crippen LogP) is 3.54. The Kier molecular flexibility index (Phi) is 5.05. The summed E-state index contributed by atoms with van der Waals surface area (Å²) in [6.07, 6.45) is 2.17. The van der Waals surface area contributed by atoms with E-state index in [0.29, 0.717) is 19.0 Å². The van der Waals surface area contributed by atoms with Gasteiger partial charge in [-0.3, -0.25) is 4.79 Å². The van der Waals surface area contributed by atoms with Crippen LogP contribution in [0.4, 0.5) is 10.4 Å². The first-order valence-electron chi connectivity index (χ1n) is 9.32. The summed E-state index contributed by atoms with van der Waals surface area (Å²) >= 11 is 0. The van der Waals surface area contributed by atoms with Gasteiger partial charge in [0, 0.05) is 25.6 Å². The van der Waals surface area contributed by atoms with Gasteiger partial charge in [-0.1, -0.05) is 24.3 Å². The molecule has 140 valence electrons. The average Bonchev–Trinajstić information content (AvgIpc) is 3.12. The van der Waals surface area contributed by atoms with Crippen molar-refractivity contribution in [2.75, 3.05) is 24.5 Å². The average molecular weight is 367 g/mol. The Hall–Kier alpha value is -2.89. The fraction of sp³-hybridized carbons (Fsp3) is 0.333. The Labute approximate surface area is 157 Å². The molecule has 4 rings (SSSR count). The Bertz CT molecular complexity index is 899. The van der Waals surface area contributed by atoms with Crippen LogP contribution in [0.25, 0.3) is 11.1 Å². The SMILES string of the molecule is O=C(NCCc1cccc(F)c1)C1CCN(c2nc3ccccc3o2)CC1. The second kappa shape index (κ2) is 7.78. The van der Waals surface area contributed by atoms with Crippen LogP contribution in [0.2, 0.25) is 0 Å². The van der Waals surface area contributed by atoms with E-state index >= 15 is 0 Å². The van der Waals surface area contributed by atoms with Gasteiger partial charge in [-0.15, -0.1) is 0 Å². The number of oxazole rings is 1. The number of amides is 1. The number of fused-ring (bicyclic) bond motifs is 1. The minimum Gasteiger partial charge on any atom is -0.423 e. The van der Waals surface area contributed by atoms with Crippen LogP contribution in [0.5, 0.6) is 0 Å². The fourth-order valence-electron chi connectivity index (χ4n) is 3.50. The lowest BCUT2D eigenvalue weighted by Crippen LogP contribution is -2.41. The number of benzene rings is 2. The van der Waals surface area contributed by atoms with Gasteiger partial charge < -0.3 is 14.6 Å². The number of nitrogens with zero attached hydrogens (tertiary/aromatic N) is 2. The van der Waals surface area contributed by atoms with Crippen LogP contribution in [-0.2, 0) is 11.2 Å². The predicted molar refractivity (Wildman–Crippen MR) is 102 cm³/mol. The van der Waals surface area contributed by atoms with Crippen LogP contribution in [0.3, 0.4) is 0 Å². The number of aromatic nitrogens is 1. The molecule has 6 heteroatoms. The van der Waals surface area contributed by atoms with E-state index in [1.54, 1.807) is 6.07 Å². The number of halogens is 1. The first-order chi connectivity index (χ1) is 13.2. The number of carbonyl (C=O) groups is 1. The number of carbonyl (C=O) groups excluding carboxylic acids is 1.